The fourth-order valence-corrected chi connectivity index (χ4v) is 2.73. The number of hydrogen-bond acceptors (Lipinski definition) is 1. The van der Waals surface area contributed by atoms with E-state index in [4.69, 9.17) is 0 Å². The van der Waals surface area contributed by atoms with Crippen LogP contribution in [0.25, 0.3) is 0 Å². The lowest BCUT2D eigenvalue weighted by Crippen LogP contribution is -2.29. The molecule has 1 aliphatic carbocycles. The summed E-state index contributed by atoms with van der Waals surface area (Å²) in [5.74, 6) is 2.81. The average molecular weight is 197 g/mol. The summed E-state index contributed by atoms with van der Waals surface area (Å²) in [6.45, 7) is 9.59. The fraction of sp³-hybridized carbons (Fsp3) is 1.00. The Kier molecular flexibility index (Phi) is 4.94. The summed E-state index contributed by atoms with van der Waals surface area (Å²) in [4.78, 5) is 2.44. The van der Waals surface area contributed by atoms with Crippen LogP contribution < -0.4 is 0 Å². The number of rotatable bonds is 5. The molecule has 1 heteroatoms. The SMILES string of the molecule is CCN(C)CC(C)C(C)C1CCCC1. The van der Waals surface area contributed by atoms with Gasteiger partial charge in [-0.1, -0.05) is 46.5 Å². The molecule has 0 spiro atoms. The normalized spacial score (nSPS) is 22.9. The average Bonchev–Trinajstić information content (AvgIpc) is 2.69. The molecule has 0 aliphatic heterocycles. The molecule has 0 aromatic carbocycles. The van der Waals surface area contributed by atoms with Crippen LogP contribution in [0.15, 0.2) is 0 Å². The van der Waals surface area contributed by atoms with Crippen LogP contribution in [-0.2, 0) is 0 Å². The first-order chi connectivity index (χ1) is 6.65. The third-order valence-electron chi connectivity index (χ3n) is 4.18. The summed E-state index contributed by atoms with van der Waals surface area (Å²) in [5, 5.41) is 0. The van der Waals surface area contributed by atoms with Crippen LogP contribution >= 0.6 is 0 Å². The second kappa shape index (κ2) is 5.75. The molecule has 14 heavy (non-hydrogen) atoms. The second-order valence-electron chi connectivity index (χ2n) is 5.24. The van der Waals surface area contributed by atoms with Gasteiger partial charge in [-0.3, -0.25) is 0 Å². The van der Waals surface area contributed by atoms with Crippen molar-refractivity contribution < 1.29 is 0 Å². The summed E-state index contributed by atoms with van der Waals surface area (Å²) in [5.41, 5.74) is 0. The molecule has 0 aromatic heterocycles. The highest BCUT2D eigenvalue weighted by Gasteiger charge is 2.25. The second-order valence-corrected chi connectivity index (χ2v) is 5.24. The van der Waals surface area contributed by atoms with Crippen molar-refractivity contribution in [2.75, 3.05) is 20.1 Å². The van der Waals surface area contributed by atoms with Crippen LogP contribution in [0.1, 0.15) is 46.5 Å². The number of hydrogen-bond donors (Lipinski definition) is 0. The van der Waals surface area contributed by atoms with Gasteiger partial charge in [0, 0.05) is 6.54 Å². The Balaban J connectivity index is 2.31. The summed E-state index contributed by atoms with van der Waals surface area (Å²) < 4.78 is 0. The van der Waals surface area contributed by atoms with E-state index in [9.17, 15) is 0 Å². The van der Waals surface area contributed by atoms with Crippen molar-refractivity contribution in [1.29, 1.82) is 0 Å². The van der Waals surface area contributed by atoms with Crippen LogP contribution in [0.3, 0.4) is 0 Å². The van der Waals surface area contributed by atoms with Gasteiger partial charge in [0.25, 0.3) is 0 Å². The van der Waals surface area contributed by atoms with Crippen molar-refractivity contribution in [3.8, 4) is 0 Å². The lowest BCUT2D eigenvalue weighted by atomic mass is 9.83. The molecule has 0 N–H and O–H groups in total. The minimum absolute atomic E-state index is 0.864. The summed E-state index contributed by atoms with van der Waals surface area (Å²) in [6.07, 6.45) is 5.93. The molecule has 1 rings (SSSR count). The Hall–Kier alpha value is -0.0400. The highest BCUT2D eigenvalue weighted by atomic mass is 15.1. The Morgan fingerprint density at radius 3 is 2.29 bits per heavy atom. The van der Waals surface area contributed by atoms with E-state index in [2.05, 4.69) is 32.7 Å². The van der Waals surface area contributed by atoms with E-state index in [1.165, 1.54) is 38.8 Å². The third-order valence-corrected chi connectivity index (χ3v) is 4.18. The molecular formula is C13H27N. The Morgan fingerprint density at radius 2 is 1.79 bits per heavy atom. The number of nitrogens with zero attached hydrogens (tertiary/aromatic N) is 1. The van der Waals surface area contributed by atoms with Gasteiger partial charge >= 0.3 is 0 Å². The topological polar surface area (TPSA) is 3.24 Å². The molecule has 1 saturated carbocycles. The van der Waals surface area contributed by atoms with Crippen molar-refractivity contribution in [3.63, 3.8) is 0 Å². The van der Waals surface area contributed by atoms with Gasteiger partial charge in [0.05, 0.1) is 0 Å². The zero-order valence-electron chi connectivity index (χ0n) is 10.4. The zero-order valence-corrected chi connectivity index (χ0v) is 10.4. The predicted molar refractivity (Wildman–Crippen MR) is 63.5 cm³/mol. The van der Waals surface area contributed by atoms with Gasteiger partial charge in [0.1, 0.15) is 0 Å². The maximum absolute atomic E-state index is 2.46. The van der Waals surface area contributed by atoms with Crippen LogP contribution in [-0.4, -0.2) is 25.0 Å². The van der Waals surface area contributed by atoms with Gasteiger partial charge in [-0.2, -0.15) is 0 Å². The van der Waals surface area contributed by atoms with Crippen LogP contribution in [0.4, 0.5) is 0 Å². The quantitative estimate of drug-likeness (QED) is 0.653. The van der Waals surface area contributed by atoms with Crippen molar-refractivity contribution in [1.82, 2.24) is 4.90 Å². The monoisotopic (exact) mass is 197 g/mol. The maximum Gasteiger partial charge on any atom is 0.000650 e. The van der Waals surface area contributed by atoms with Crippen LogP contribution in [0.2, 0.25) is 0 Å². The third kappa shape index (κ3) is 3.27. The molecule has 84 valence electrons. The minimum Gasteiger partial charge on any atom is -0.306 e. The zero-order chi connectivity index (χ0) is 10.6. The Bertz CT molecular complexity index is 149. The first-order valence-corrected chi connectivity index (χ1v) is 6.33. The van der Waals surface area contributed by atoms with E-state index in [1.54, 1.807) is 0 Å². The van der Waals surface area contributed by atoms with E-state index in [0.29, 0.717) is 0 Å². The highest BCUT2D eigenvalue weighted by molar-refractivity contribution is 4.77. The van der Waals surface area contributed by atoms with Gasteiger partial charge < -0.3 is 4.90 Å². The van der Waals surface area contributed by atoms with E-state index in [1.807, 2.05) is 0 Å². The van der Waals surface area contributed by atoms with Crippen LogP contribution in [0.5, 0.6) is 0 Å². The van der Waals surface area contributed by atoms with E-state index >= 15 is 0 Å². The van der Waals surface area contributed by atoms with Gasteiger partial charge in [-0.15, -0.1) is 0 Å². The summed E-state index contributed by atoms with van der Waals surface area (Å²) in [6, 6.07) is 0. The molecule has 0 bridgehead atoms. The van der Waals surface area contributed by atoms with Gasteiger partial charge in [0.2, 0.25) is 0 Å². The Labute approximate surface area is 89.9 Å². The van der Waals surface area contributed by atoms with Gasteiger partial charge in [-0.25, -0.2) is 0 Å². The van der Waals surface area contributed by atoms with Gasteiger partial charge in [0.15, 0.2) is 0 Å². The van der Waals surface area contributed by atoms with E-state index < -0.39 is 0 Å². The smallest absolute Gasteiger partial charge is 0.000650 e. The fourth-order valence-electron chi connectivity index (χ4n) is 2.73. The summed E-state index contributed by atoms with van der Waals surface area (Å²) in [7, 11) is 2.23. The molecule has 1 fully saturated rings. The predicted octanol–water partition coefficient (Wildman–Crippen LogP) is 3.40. The molecule has 0 amide bonds. The first kappa shape index (κ1) is 12.0. The largest absolute Gasteiger partial charge is 0.306 e. The van der Waals surface area contributed by atoms with Crippen molar-refractivity contribution in [2.24, 2.45) is 17.8 Å². The standard InChI is InChI=1S/C13H27N/c1-5-14(4)10-11(2)12(3)13-8-6-7-9-13/h11-13H,5-10H2,1-4H3. The summed E-state index contributed by atoms with van der Waals surface area (Å²) >= 11 is 0. The van der Waals surface area contributed by atoms with E-state index in [0.717, 1.165) is 17.8 Å². The van der Waals surface area contributed by atoms with E-state index in [-0.39, 0.29) is 0 Å². The molecule has 1 aliphatic rings. The molecular weight excluding hydrogens is 170 g/mol. The van der Waals surface area contributed by atoms with Crippen molar-refractivity contribution in [2.45, 2.75) is 46.5 Å². The highest BCUT2D eigenvalue weighted by Crippen LogP contribution is 2.34. The van der Waals surface area contributed by atoms with Gasteiger partial charge in [-0.05, 0) is 31.3 Å². The van der Waals surface area contributed by atoms with Crippen molar-refractivity contribution in [3.05, 3.63) is 0 Å². The first-order valence-electron chi connectivity index (χ1n) is 6.33. The molecule has 0 radical (unpaired) electrons. The molecule has 0 saturated heterocycles. The van der Waals surface area contributed by atoms with Crippen LogP contribution in [0, 0.1) is 17.8 Å². The minimum atomic E-state index is 0.864. The molecule has 2 atom stereocenters. The molecule has 1 nitrogen and oxygen atoms in total. The lowest BCUT2D eigenvalue weighted by Gasteiger charge is -2.29. The molecule has 2 unspecified atom stereocenters. The van der Waals surface area contributed by atoms with Crippen molar-refractivity contribution >= 4 is 0 Å². The lowest BCUT2D eigenvalue weighted by molar-refractivity contribution is 0.200. The molecule has 0 heterocycles. The molecule has 0 aromatic rings. The maximum atomic E-state index is 2.46. The Morgan fingerprint density at radius 1 is 1.21 bits per heavy atom.